The summed E-state index contributed by atoms with van der Waals surface area (Å²) < 4.78 is 41.6. The average Bonchev–Trinajstić information content (AvgIpc) is 2.64. The molecule has 0 unspecified atom stereocenters. The third kappa shape index (κ3) is 3.93. The van der Waals surface area contributed by atoms with Crippen LogP contribution in [0.1, 0.15) is 15.9 Å². The van der Waals surface area contributed by atoms with Crippen molar-refractivity contribution in [3.05, 3.63) is 70.0 Å². The molecule has 1 aromatic heterocycles. The molecule has 3 rings (SSSR count). The number of para-hydroxylation sites is 1. The van der Waals surface area contributed by atoms with Crippen molar-refractivity contribution in [2.45, 2.75) is 12.9 Å². The van der Waals surface area contributed by atoms with Crippen molar-refractivity contribution in [2.75, 3.05) is 0 Å². The van der Waals surface area contributed by atoms with E-state index in [0.29, 0.717) is 16.5 Å². The molecule has 0 saturated heterocycles. The van der Waals surface area contributed by atoms with Crippen LogP contribution in [0.4, 0.5) is 13.2 Å². The molecule has 0 bridgehead atoms. The fraction of sp³-hybridized carbons (Fsp3) is 0.158. The van der Waals surface area contributed by atoms with Gasteiger partial charge in [0.2, 0.25) is 0 Å². The number of benzene rings is 2. The monoisotopic (exact) mass is 392 g/mol. The van der Waals surface area contributed by atoms with Gasteiger partial charge >= 0.3 is 6.36 Å². The normalized spacial score (nSPS) is 11.4. The van der Waals surface area contributed by atoms with Crippen LogP contribution in [0, 0.1) is 0 Å². The zero-order chi connectivity index (χ0) is 20.5. The molecule has 9 heteroatoms. The number of pyridine rings is 1. The molecule has 0 spiro atoms. The van der Waals surface area contributed by atoms with Gasteiger partial charge in [0.05, 0.1) is 11.1 Å². The van der Waals surface area contributed by atoms with Crippen molar-refractivity contribution in [1.29, 1.82) is 0 Å². The van der Waals surface area contributed by atoms with E-state index in [9.17, 15) is 27.9 Å². The number of aromatic hydroxyl groups is 1. The highest BCUT2D eigenvalue weighted by molar-refractivity contribution is 6.08. The van der Waals surface area contributed by atoms with Crippen molar-refractivity contribution in [2.24, 2.45) is 7.05 Å². The molecule has 0 aliphatic rings. The molecular formula is C19H15F3N2O4. The Labute approximate surface area is 156 Å². The van der Waals surface area contributed by atoms with Crippen LogP contribution in [0.3, 0.4) is 0 Å². The number of ether oxygens (including phenoxy) is 1. The molecule has 0 aliphatic carbocycles. The van der Waals surface area contributed by atoms with Crippen LogP contribution in [-0.4, -0.2) is 21.9 Å². The SMILES string of the molecule is Cn1c(=O)c(O)c(C(=O)NCc2ccc(OC(F)(F)F)cc2)c2ccccc21. The molecule has 1 amide bonds. The smallest absolute Gasteiger partial charge is 0.502 e. The summed E-state index contributed by atoms with van der Waals surface area (Å²) in [7, 11) is 1.48. The third-order valence-corrected chi connectivity index (χ3v) is 4.12. The summed E-state index contributed by atoms with van der Waals surface area (Å²) in [5.74, 6) is -1.73. The molecule has 0 aliphatic heterocycles. The lowest BCUT2D eigenvalue weighted by Gasteiger charge is -2.13. The van der Waals surface area contributed by atoms with Crippen molar-refractivity contribution in [3.63, 3.8) is 0 Å². The van der Waals surface area contributed by atoms with E-state index in [-0.39, 0.29) is 17.9 Å². The average molecular weight is 392 g/mol. The fourth-order valence-corrected chi connectivity index (χ4v) is 2.79. The second kappa shape index (κ2) is 7.26. The maximum atomic E-state index is 12.6. The van der Waals surface area contributed by atoms with Gasteiger partial charge in [0.15, 0.2) is 5.75 Å². The number of aryl methyl sites for hydroxylation is 1. The van der Waals surface area contributed by atoms with Gasteiger partial charge in [0.1, 0.15) is 5.75 Å². The van der Waals surface area contributed by atoms with Crippen LogP contribution in [0.5, 0.6) is 11.5 Å². The van der Waals surface area contributed by atoms with Gasteiger partial charge in [0.25, 0.3) is 11.5 Å². The van der Waals surface area contributed by atoms with E-state index < -0.39 is 23.6 Å². The number of halogens is 3. The molecule has 28 heavy (non-hydrogen) atoms. The van der Waals surface area contributed by atoms with Crippen LogP contribution in [-0.2, 0) is 13.6 Å². The number of alkyl halides is 3. The lowest BCUT2D eigenvalue weighted by atomic mass is 10.1. The Morgan fingerprint density at radius 1 is 1.14 bits per heavy atom. The number of hydrogen-bond donors (Lipinski definition) is 2. The van der Waals surface area contributed by atoms with E-state index >= 15 is 0 Å². The summed E-state index contributed by atoms with van der Waals surface area (Å²) in [4.78, 5) is 24.7. The topological polar surface area (TPSA) is 80.6 Å². The zero-order valence-corrected chi connectivity index (χ0v) is 14.6. The Balaban J connectivity index is 1.82. The maximum Gasteiger partial charge on any atom is 0.573 e. The van der Waals surface area contributed by atoms with E-state index in [1.165, 1.54) is 23.7 Å². The summed E-state index contributed by atoms with van der Waals surface area (Å²) in [6, 6.07) is 11.6. The van der Waals surface area contributed by atoms with E-state index in [1.807, 2.05) is 0 Å². The van der Waals surface area contributed by atoms with Gasteiger partial charge < -0.3 is 19.7 Å². The van der Waals surface area contributed by atoms with Crippen LogP contribution in [0.2, 0.25) is 0 Å². The second-order valence-corrected chi connectivity index (χ2v) is 5.98. The summed E-state index contributed by atoms with van der Waals surface area (Å²) in [6.45, 7) is -0.0197. The minimum absolute atomic E-state index is 0.0197. The molecule has 146 valence electrons. The summed E-state index contributed by atoms with van der Waals surface area (Å²) in [5.41, 5.74) is 0.118. The van der Waals surface area contributed by atoms with Crippen molar-refractivity contribution < 1.29 is 27.8 Å². The van der Waals surface area contributed by atoms with Gasteiger partial charge in [-0.25, -0.2) is 0 Å². The van der Waals surface area contributed by atoms with Crippen molar-refractivity contribution in [1.82, 2.24) is 9.88 Å². The summed E-state index contributed by atoms with van der Waals surface area (Å²) in [5, 5.41) is 13.1. The van der Waals surface area contributed by atoms with Crippen LogP contribution in [0.15, 0.2) is 53.3 Å². The zero-order valence-electron chi connectivity index (χ0n) is 14.6. The molecular weight excluding hydrogens is 377 g/mol. The highest BCUT2D eigenvalue weighted by Gasteiger charge is 2.31. The molecule has 0 atom stereocenters. The molecule has 1 heterocycles. The predicted octanol–water partition coefficient (Wildman–Crippen LogP) is 3.07. The standard InChI is InChI=1S/C19H15F3N2O4/c1-24-14-5-3-2-4-13(14)15(16(25)18(24)27)17(26)23-10-11-6-8-12(9-7-11)28-19(20,21)22/h2-9,25H,10H2,1H3,(H,23,26). The van der Waals surface area contributed by atoms with Gasteiger partial charge in [-0.3, -0.25) is 9.59 Å². The lowest BCUT2D eigenvalue weighted by Crippen LogP contribution is -2.27. The number of nitrogens with one attached hydrogen (secondary N) is 1. The Hall–Kier alpha value is -3.49. The highest BCUT2D eigenvalue weighted by Crippen LogP contribution is 2.24. The molecule has 2 N–H and O–H groups in total. The van der Waals surface area contributed by atoms with Gasteiger partial charge in [-0.1, -0.05) is 30.3 Å². The van der Waals surface area contributed by atoms with Gasteiger partial charge in [0, 0.05) is 19.0 Å². The number of carbonyl (C=O) groups is 1. The first-order valence-corrected chi connectivity index (χ1v) is 8.11. The lowest BCUT2D eigenvalue weighted by molar-refractivity contribution is -0.274. The molecule has 0 saturated carbocycles. The number of hydrogen-bond acceptors (Lipinski definition) is 4. The van der Waals surface area contributed by atoms with Crippen LogP contribution >= 0.6 is 0 Å². The number of nitrogens with zero attached hydrogens (tertiary/aromatic N) is 1. The third-order valence-electron chi connectivity index (χ3n) is 4.12. The summed E-state index contributed by atoms with van der Waals surface area (Å²) in [6.07, 6.45) is -4.78. The first kappa shape index (κ1) is 19.3. The number of fused-ring (bicyclic) bond motifs is 1. The number of carbonyl (C=O) groups excluding carboxylic acids is 1. The molecule has 6 nitrogen and oxygen atoms in total. The van der Waals surface area contributed by atoms with Crippen molar-refractivity contribution >= 4 is 16.8 Å². The Morgan fingerprint density at radius 3 is 2.43 bits per heavy atom. The van der Waals surface area contributed by atoms with Gasteiger partial charge in [-0.15, -0.1) is 13.2 Å². The predicted molar refractivity (Wildman–Crippen MR) is 95.1 cm³/mol. The van der Waals surface area contributed by atoms with E-state index in [4.69, 9.17) is 0 Å². The first-order chi connectivity index (χ1) is 13.2. The highest BCUT2D eigenvalue weighted by atomic mass is 19.4. The Kier molecular flexibility index (Phi) is 5.00. The minimum atomic E-state index is -4.78. The molecule has 0 fully saturated rings. The quantitative estimate of drug-likeness (QED) is 0.715. The van der Waals surface area contributed by atoms with Crippen LogP contribution < -0.4 is 15.6 Å². The van der Waals surface area contributed by atoms with E-state index in [1.54, 1.807) is 24.3 Å². The first-order valence-electron chi connectivity index (χ1n) is 8.11. The molecule has 2 aromatic carbocycles. The number of rotatable bonds is 4. The largest absolute Gasteiger partial charge is 0.573 e. The molecule has 0 radical (unpaired) electrons. The van der Waals surface area contributed by atoms with Crippen LogP contribution in [0.25, 0.3) is 10.9 Å². The van der Waals surface area contributed by atoms with Gasteiger partial charge in [-0.2, -0.15) is 0 Å². The Morgan fingerprint density at radius 2 is 1.79 bits per heavy atom. The second-order valence-electron chi connectivity index (χ2n) is 5.98. The number of amides is 1. The fourth-order valence-electron chi connectivity index (χ4n) is 2.79. The molecule has 3 aromatic rings. The van der Waals surface area contributed by atoms with E-state index in [0.717, 1.165) is 12.1 Å². The Bertz CT molecular complexity index is 1090. The van der Waals surface area contributed by atoms with E-state index in [2.05, 4.69) is 10.1 Å². The van der Waals surface area contributed by atoms with Gasteiger partial charge in [-0.05, 0) is 23.8 Å². The number of aromatic nitrogens is 1. The minimum Gasteiger partial charge on any atom is -0.502 e. The maximum absolute atomic E-state index is 12.6. The summed E-state index contributed by atoms with van der Waals surface area (Å²) >= 11 is 0. The van der Waals surface area contributed by atoms with Crippen molar-refractivity contribution in [3.8, 4) is 11.5 Å².